The lowest BCUT2D eigenvalue weighted by Gasteiger charge is -2.49. The van der Waals surface area contributed by atoms with Crippen molar-refractivity contribution in [2.45, 2.75) is 109 Å². The minimum absolute atomic E-state index is 0.320. The van der Waals surface area contributed by atoms with Crippen molar-refractivity contribution in [3.05, 3.63) is 0 Å². The van der Waals surface area contributed by atoms with Crippen LogP contribution in [0.25, 0.3) is 0 Å². The Morgan fingerprint density at radius 3 is 1.39 bits per heavy atom. The van der Waals surface area contributed by atoms with Crippen molar-refractivity contribution in [1.29, 1.82) is 0 Å². The van der Waals surface area contributed by atoms with Crippen LogP contribution >= 0.6 is 0 Å². The molecule has 6 nitrogen and oxygen atoms in total. The molecule has 0 saturated carbocycles. The first-order chi connectivity index (χ1) is 12.3. The van der Waals surface area contributed by atoms with Gasteiger partial charge in [-0.05, 0) is 78.6 Å². The van der Waals surface area contributed by atoms with Crippen molar-refractivity contribution in [1.82, 2.24) is 0 Å². The first-order valence-corrected chi connectivity index (χ1v) is 23.9. The Kier molecular flexibility index (Phi) is 8.96. The normalized spacial score (nSPS) is 30.5. The number of aliphatic hydroxyl groups excluding tert-OH is 1. The van der Waals surface area contributed by atoms with Gasteiger partial charge in [0.2, 0.25) is 0 Å². The highest BCUT2D eigenvalue weighted by Crippen LogP contribution is 2.33. The van der Waals surface area contributed by atoms with E-state index in [0.717, 1.165) is 0 Å². The molecule has 0 aromatic heterocycles. The van der Waals surface area contributed by atoms with E-state index in [4.69, 9.17) is 22.4 Å². The molecule has 1 aliphatic heterocycles. The quantitative estimate of drug-likeness (QED) is 0.511. The summed E-state index contributed by atoms with van der Waals surface area (Å²) in [7, 11) is -7.50. The zero-order chi connectivity index (χ0) is 22.1. The van der Waals surface area contributed by atoms with Crippen molar-refractivity contribution in [3.63, 3.8) is 0 Å². The zero-order valence-corrected chi connectivity index (χ0v) is 24.1. The summed E-state index contributed by atoms with van der Waals surface area (Å²) in [5.41, 5.74) is 0. The summed E-state index contributed by atoms with van der Waals surface area (Å²) in [6.07, 6.45) is -2.67. The molecule has 0 aromatic carbocycles. The van der Waals surface area contributed by atoms with Crippen molar-refractivity contribution >= 4 is 33.3 Å². The topological polar surface area (TPSA) is 66.4 Å². The minimum atomic E-state index is -1.94. The van der Waals surface area contributed by atoms with Gasteiger partial charge >= 0.3 is 0 Å². The lowest BCUT2D eigenvalue weighted by atomic mass is 9.99. The monoisotopic (exact) mass is 468 g/mol. The van der Waals surface area contributed by atoms with E-state index in [-0.39, 0.29) is 18.3 Å². The second kappa shape index (κ2) is 9.41. The third kappa shape index (κ3) is 10.1. The molecule has 0 bridgehead atoms. The molecule has 1 fully saturated rings. The van der Waals surface area contributed by atoms with Crippen LogP contribution in [0, 0.1) is 0 Å². The van der Waals surface area contributed by atoms with Crippen molar-refractivity contribution in [2.24, 2.45) is 0 Å². The number of hydrogen-bond donors (Lipinski definition) is 1. The van der Waals surface area contributed by atoms with Crippen LogP contribution in [0.1, 0.15) is 0 Å². The molecule has 10 heteroatoms. The Morgan fingerprint density at radius 1 is 0.607 bits per heavy atom. The van der Waals surface area contributed by atoms with E-state index in [1.54, 1.807) is 0 Å². The molecule has 28 heavy (non-hydrogen) atoms. The molecule has 1 rings (SSSR count). The maximum absolute atomic E-state index is 10.8. The lowest BCUT2D eigenvalue weighted by Crippen LogP contribution is -2.66. The molecule has 0 spiro atoms. The number of ether oxygens (including phenoxy) is 1. The summed E-state index contributed by atoms with van der Waals surface area (Å²) in [5.74, 6) is 0. The Balaban J connectivity index is 3.26. The molecule has 168 valence electrons. The van der Waals surface area contributed by atoms with Gasteiger partial charge in [-0.1, -0.05) is 0 Å². The van der Waals surface area contributed by atoms with Crippen LogP contribution < -0.4 is 0 Å². The average Bonchev–Trinajstić information content (AvgIpc) is 2.39. The predicted molar refractivity (Wildman–Crippen MR) is 125 cm³/mol. The van der Waals surface area contributed by atoms with Gasteiger partial charge in [-0.15, -0.1) is 0 Å². The summed E-state index contributed by atoms with van der Waals surface area (Å²) in [6.45, 7) is 26.1. The molecule has 0 amide bonds. The molecular formula is C18H44O6Si4. The SMILES string of the molecule is C[Si](C)(C)OCC1O[C@@H](O)C(O[Si](C)(C)C)C(O[Si](C)(C)C)[C@H]1O[Si](C)(C)C. The molecule has 0 radical (unpaired) electrons. The van der Waals surface area contributed by atoms with E-state index in [2.05, 4.69) is 78.6 Å². The van der Waals surface area contributed by atoms with Crippen LogP contribution in [-0.4, -0.2) is 75.7 Å². The van der Waals surface area contributed by atoms with Crippen molar-refractivity contribution < 1.29 is 27.5 Å². The molecular weight excluding hydrogens is 425 g/mol. The summed E-state index contributed by atoms with van der Waals surface area (Å²) < 4.78 is 31.7. The smallest absolute Gasteiger partial charge is 0.184 e. The first kappa shape index (κ1) is 26.7. The molecule has 1 N–H and O–H groups in total. The van der Waals surface area contributed by atoms with Gasteiger partial charge < -0.3 is 27.5 Å². The minimum Gasteiger partial charge on any atom is -0.415 e. The Bertz CT molecular complexity index is 492. The number of hydrogen-bond acceptors (Lipinski definition) is 6. The molecule has 5 atom stereocenters. The van der Waals surface area contributed by atoms with Gasteiger partial charge in [-0.3, -0.25) is 0 Å². The summed E-state index contributed by atoms with van der Waals surface area (Å²) in [6, 6.07) is 0. The van der Waals surface area contributed by atoms with Gasteiger partial charge in [0, 0.05) is 0 Å². The van der Waals surface area contributed by atoms with Gasteiger partial charge in [0.15, 0.2) is 39.6 Å². The van der Waals surface area contributed by atoms with E-state index >= 15 is 0 Å². The molecule has 3 unspecified atom stereocenters. The number of rotatable bonds is 9. The molecule has 0 aliphatic carbocycles. The first-order valence-electron chi connectivity index (χ1n) is 10.3. The zero-order valence-electron chi connectivity index (χ0n) is 20.1. The van der Waals surface area contributed by atoms with Crippen molar-refractivity contribution in [2.75, 3.05) is 6.61 Å². The van der Waals surface area contributed by atoms with E-state index in [0.29, 0.717) is 6.61 Å². The molecule has 0 aromatic rings. The van der Waals surface area contributed by atoms with Gasteiger partial charge in [0.1, 0.15) is 24.4 Å². The molecule has 1 saturated heterocycles. The maximum atomic E-state index is 10.8. The highest BCUT2D eigenvalue weighted by atomic mass is 28.4. The van der Waals surface area contributed by atoms with Gasteiger partial charge in [-0.25, -0.2) is 0 Å². The molecule has 1 aliphatic rings. The fourth-order valence-corrected chi connectivity index (χ4v) is 6.91. The third-order valence-electron chi connectivity index (χ3n) is 3.76. The van der Waals surface area contributed by atoms with E-state index in [1.165, 1.54) is 0 Å². The van der Waals surface area contributed by atoms with E-state index < -0.39 is 45.7 Å². The van der Waals surface area contributed by atoms with Crippen LogP contribution in [-0.2, 0) is 22.4 Å². The highest BCUT2D eigenvalue weighted by Gasteiger charge is 2.51. The third-order valence-corrected chi connectivity index (χ3v) is 7.73. The van der Waals surface area contributed by atoms with Gasteiger partial charge in [0.25, 0.3) is 0 Å². The Hall–Kier alpha value is 0.628. The fourth-order valence-electron chi connectivity index (χ4n) is 2.99. The molecule has 1 heterocycles. The van der Waals surface area contributed by atoms with Crippen LogP contribution in [0.2, 0.25) is 78.6 Å². The van der Waals surface area contributed by atoms with E-state index in [9.17, 15) is 5.11 Å². The van der Waals surface area contributed by atoms with Gasteiger partial charge in [0.05, 0.1) is 6.61 Å². The highest BCUT2D eigenvalue weighted by molar-refractivity contribution is 6.71. The standard InChI is InChI=1S/C18H44O6Si4/c1-25(2,3)20-13-14-15(22-26(4,5)6)16(23-27(7,8)9)17(18(19)21-14)24-28(10,11)12/h14-19H,13H2,1-12H3/t14?,15-,16?,17?,18+/m0/s1. The largest absolute Gasteiger partial charge is 0.415 e. The summed E-state index contributed by atoms with van der Waals surface area (Å²) in [5, 5.41) is 10.8. The summed E-state index contributed by atoms with van der Waals surface area (Å²) >= 11 is 0. The second-order valence-corrected chi connectivity index (χ2v) is 29.5. The Morgan fingerprint density at radius 2 is 1.00 bits per heavy atom. The van der Waals surface area contributed by atoms with Crippen LogP contribution in [0.15, 0.2) is 0 Å². The van der Waals surface area contributed by atoms with Gasteiger partial charge in [-0.2, -0.15) is 0 Å². The van der Waals surface area contributed by atoms with Crippen molar-refractivity contribution in [3.8, 4) is 0 Å². The van der Waals surface area contributed by atoms with Crippen LogP contribution in [0.5, 0.6) is 0 Å². The second-order valence-electron chi connectivity index (χ2n) is 11.6. The van der Waals surface area contributed by atoms with Crippen LogP contribution in [0.4, 0.5) is 0 Å². The van der Waals surface area contributed by atoms with Crippen LogP contribution in [0.3, 0.4) is 0 Å². The predicted octanol–water partition coefficient (Wildman–Crippen LogP) is 4.22. The summed E-state index contributed by atoms with van der Waals surface area (Å²) in [4.78, 5) is 0. The van der Waals surface area contributed by atoms with E-state index in [1.807, 2.05) is 0 Å². The maximum Gasteiger partial charge on any atom is 0.184 e. The Labute approximate surface area is 176 Å². The average molecular weight is 469 g/mol. The fraction of sp³-hybridized carbons (Fsp3) is 1.00. The lowest BCUT2D eigenvalue weighted by molar-refractivity contribution is -0.274. The number of aliphatic hydroxyl groups is 1.